The van der Waals surface area contributed by atoms with Gasteiger partial charge in [-0.1, -0.05) is 41.5 Å². The number of methoxy groups -OCH3 is 2. The number of rotatable bonds is 5. The first kappa shape index (κ1) is 22.5. The molecule has 2 aliphatic heterocycles. The summed E-state index contributed by atoms with van der Waals surface area (Å²) < 4.78 is 19.6. The van der Waals surface area contributed by atoms with Crippen molar-refractivity contribution < 1.29 is 14.2 Å². The normalized spacial score (nSPS) is 38.9. The minimum Gasteiger partial charge on any atom is -0.493 e. The maximum atomic E-state index is 9.81. The zero-order chi connectivity index (χ0) is 24.9. The lowest BCUT2D eigenvalue weighted by atomic mass is 9.33. The molecule has 6 aliphatic rings. The Balaban J connectivity index is 1.52. The van der Waals surface area contributed by atoms with Crippen molar-refractivity contribution in [2.75, 3.05) is 27.8 Å². The summed E-state index contributed by atoms with van der Waals surface area (Å²) in [6, 6.07) is 15.0. The van der Waals surface area contributed by atoms with Crippen molar-refractivity contribution in [2.24, 2.45) is 16.4 Å². The molecule has 1 saturated heterocycles. The van der Waals surface area contributed by atoms with E-state index in [1.165, 1.54) is 11.1 Å². The Hall–Kier alpha value is -2.73. The van der Waals surface area contributed by atoms with E-state index in [0.29, 0.717) is 6.04 Å². The number of fused-ring (bicyclic) bond motifs is 2. The van der Waals surface area contributed by atoms with Gasteiger partial charge in [-0.2, -0.15) is 0 Å². The van der Waals surface area contributed by atoms with Gasteiger partial charge in [-0.15, -0.1) is 0 Å². The predicted octanol–water partition coefficient (Wildman–Crippen LogP) is 5.37. The molecule has 2 spiro atoms. The highest BCUT2D eigenvalue weighted by atomic mass is 16.6. The number of piperidine rings is 1. The smallest absolute Gasteiger partial charge is 0.165 e. The van der Waals surface area contributed by atoms with E-state index in [0.717, 1.165) is 55.7 Å². The highest BCUT2D eigenvalue weighted by Crippen LogP contribution is 2.78. The maximum absolute atomic E-state index is 9.81. The molecule has 4 fully saturated rings. The Morgan fingerprint density at radius 2 is 1.94 bits per heavy atom. The molecule has 7 atom stereocenters. The molecule has 4 aliphatic carbocycles. The predicted molar refractivity (Wildman–Crippen MR) is 136 cm³/mol. The van der Waals surface area contributed by atoms with Crippen LogP contribution in [0.2, 0.25) is 0 Å². The van der Waals surface area contributed by atoms with Crippen molar-refractivity contribution in [2.45, 2.75) is 67.7 Å². The first-order chi connectivity index (χ1) is 17.4. The van der Waals surface area contributed by atoms with E-state index in [4.69, 9.17) is 14.2 Å². The van der Waals surface area contributed by atoms with Crippen LogP contribution >= 0.6 is 0 Å². The largest absolute Gasteiger partial charge is 0.493 e. The first-order valence-corrected chi connectivity index (χ1v) is 13.2. The minimum atomic E-state index is -0.767. The lowest BCUT2D eigenvalue weighted by Gasteiger charge is -2.75. The monoisotopic (exact) mass is 486 g/mol. The van der Waals surface area contributed by atoms with Crippen molar-refractivity contribution in [3.8, 4) is 11.5 Å². The van der Waals surface area contributed by atoms with Crippen LogP contribution < -0.4 is 9.47 Å². The van der Waals surface area contributed by atoms with Gasteiger partial charge >= 0.3 is 0 Å². The standard InChI is InChI=1S/C29H34N4O3/c1-26(31-32-30,19-8-6-5-7-9-19)21-17-27-12-13-29(21,35-4)25-28(27)14-15-33(2)22(27)16-18-10-11-20(34-3)24(36-25)23(18)28/h5-11,21-22,25H,12-17H2,1-4H3/t21-,22-,25-,26?,27-,28+,29-/m1/s1. The van der Waals surface area contributed by atoms with Crippen LogP contribution in [0, 0.1) is 11.3 Å². The average Bonchev–Trinajstić information content (AvgIpc) is 3.28. The van der Waals surface area contributed by atoms with E-state index in [1.807, 2.05) is 25.3 Å². The third kappa shape index (κ3) is 2.27. The Morgan fingerprint density at radius 1 is 1.14 bits per heavy atom. The van der Waals surface area contributed by atoms with Gasteiger partial charge in [0.05, 0.1) is 12.6 Å². The molecule has 2 heterocycles. The minimum absolute atomic E-state index is 0.0151. The molecule has 0 N–H and O–H groups in total. The summed E-state index contributed by atoms with van der Waals surface area (Å²) in [5.74, 6) is 1.70. The van der Waals surface area contributed by atoms with Crippen molar-refractivity contribution >= 4 is 0 Å². The SMILES string of the molecule is COc1ccc2c3c1O[C@H]1[C@@]4(OC)CC[C@@]5(C[C@@H]4C(C)(N=[N+]=[N-])c4ccccc4)[C@@H](C2)N(C)CC[C@]315. The number of ether oxygens (including phenoxy) is 3. The molecule has 4 bridgehead atoms. The number of likely N-dealkylation sites (N-methyl/N-ethyl adjacent to an activating group) is 1. The molecule has 0 aromatic heterocycles. The molecule has 7 nitrogen and oxygen atoms in total. The molecule has 2 aromatic carbocycles. The summed E-state index contributed by atoms with van der Waals surface area (Å²) >= 11 is 0. The van der Waals surface area contributed by atoms with Gasteiger partial charge in [-0.3, -0.25) is 0 Å². The Bertz CT molecular complexity index is 1290. The van der Waals surface area contributed by atoms with Gasteiger partial charge in [-0.05, 0) is 75.3 Å². The van der Waals surface area contributed by atoms with Crippen LogP contribution in [-0.4, -0.2) is 50.5 Å². The van der Waals surface area contributed by atoms with Crippen molar-refractivity contribution in [3.63, 3.8) is 0 Å². The highest BCUT2D eigenvalue weighted by Gasteiger charge is 2.81. The highest BCUT2D eigenvalue weighted by molar-refractivity contribution is 5.63. The molecule has 1 unspecified atom stereocenters. The summed E-state index contributed by atoms with van der Waals surface area (Å²) in [5.41, 5.74) is 12.2. The van der Waals surface area contributed by atoms with Crippen LogP contribution in [-0.2, 0) is 22.1 Å². The fourth-order valence-corrected chi connectivity index (χ4v) is 9.69. The van der Waals surface area contributed by atoms with Gasteiger partial charge in [0, 0.05) is 40.4 Å². The van der Waals surface area contributed by atoms with E-state index in [1.54, 1.807) is 7.11 Å². The second-order valence-corrected chi connectivity index (χ2v) is 11.8. The maximum Gasteiger partial charge on any atom is 0.165 e. The summed E-state index contributed by atoms with van der Waals surface area (Å²) in [4.78, 5) is 5.99. The number of likely N-dealkylation sites (tertiary alicyclic amines) is 1. The van der Waals surface area contributed by atoms with Gasteiger partial charge in [0.2, 0.25) is 0 Å². The molecule has 188 valence electrons. The zero-order valence-corrected chi connectivity index (χ0v) is 21.5. The van der Waals surface area contributed by atoms with Crippen LogP contribution in [0.15, 0.2) is 47.6 Å². The van der Waals surface area contributed by atoms with Gasteiger partial charge in [0.25, 0.3) is 0 Å². The Morgan fingerprint density at radius 3 is 2.67 bits per heavy atom. The van der Waals surface area contributed by atoms with Crippen LogP contribution in [0.3, 0.4) is 0 Å². The van der Waals surface area contributed by atoms with Crippen molar-refractivity contribution in [1.29, 1.82) is 0 Å². The molecule has 36 heavy (non-hydrogen) atoms. The summed E-state index contributed by atoms with van der Waals surface area (Å²) in [7, 11) is 5.86. The topological polar surface area (TPSA) is 79.7 Å². The van der Waals surface area contributed by atoms with Crippen LogP contribution in [0.25, 0.3) is 10.4 Å². The second-order valence-electron chi connectivity index (χ2n) is 11.8. The first-order valence-electron chi connectivity index (χ1n) is 13.2. The fourth-order valence-electron chi connectivity index (χ4n) is 9.69. The average molecular weight is 487 g/mol. The summed E-state index contributed by atoms with van der Waals surface area (Å²) in [5, 5.41) is 4.56. The molecule has 0 radical (unpaired) electrons. The van der Waals surface area contributed by atoms with Gasteiger partial charge in [0.1, 0.15) is 11.7 Å². The summed E-state index contributed by atoms with van der Waals surface area (Å²) in [6.45, 7) is 3.15. The van der Waals surface area contributed by atoms with E-state index in [-0.39, 0.29) is 22.9 Å². The second kappa shape index (κ2) is 7.18. The quantitative estimate of drug-likeness (QED) is 0.324. The summed E-state index contributed by atoms with van der Waals surface area (Å²) in [6.07, 6.45) is 4.82. The van der Waals surface area contributed by atoms with Crippen LogP contribution in [0.1, 0.15) is 49.3 Å². The van der Waals surface area contributed by atoms with Crippen LogP contribution in [0.4, 0.5) is 0 Å². The van der Waals surface area contributed by atoms with E-state index < -0.39 is 11.1 Å². The Kier molecular flexibility index (Phi) is 4.48. The number of nitrogens with zero attached hydrogens (tertiary/aromatic N) is 4. The molecule has 0 amide bonds. The van der Waals surface area contributed by atoms with Crippen LogP contribution in [0.5, 0.6) is 11.5 Å². The zero-order valence-electron chi connectivity index (χ0n) is 21.5. The third-order valence-corrected chi connectivity index (χ3v) is 11.1. The third-order valence-electron chi connectivity index (χ3n) is 11.1. The molecular formula is C29H34N4O3. The number of hydrogen-bond acceptors (Lipinski definition) is 5. The molecule has 3 saturated carbocycles. The molecule has 8 rings (SSSR count). The number of azide groups is 1. The van der Waals surface area contributed by atoms with Crippen molar-refractivity contribution in [3.05, 3.63) is 69.6 Å². The van der Waals surface area contributed by atoms with E-state index >= 15 is 0 Å². The number of hydrogen-bond donors (Lipinski definition) is 0. The number of benzene rings is 2. The van der Waals surface area contributed by atoms with Gasteiger partial charge < -0.3 is 19.1 Å². The van der Waals surface area contributed by atoms with E-state index in [9.17, 15) is 5.53 Å². The van der Waals surface area contributed by atoms with Crippen molar-refractivity contribution in [1.82, 2.24) is 4.90 Å². The molecular weight excluding hydrogens is 452 g/mol. The molecule has 2 aromatic rings. The van der Waals surface area contributed by atoms with Gasteiger partial charge in [-0.25, -0.2) is 0 Å². The lowest BCUT2D eigenvalue weighted by molar-refractivity contribution is -0.285. The Labute approximate surface area is 212 Å². The van der Waals surface area contributed by atoms with E-state index in [2.05, 4.69) is 53.2 Å². The van der Waals surface area contributed by atoms with Gasteiger partial charge in [0.15, 0.2) is 11.5 Å². The molecule has 7 heteroatoms. The lowest BCUT2D eigenvalue weighted by Crippen LogP contribution is -2.82. The fraction of sp³-hybridized carbons (Fsp3) is 0.586.